The van der Waals surface area contributed by atoms with Crippen LogP contribution in [0, 0.1) is 0 Å². The maximum atomic E-state index is 3.63. The summed E-state index contributed by atoms with van der Waals surface area (Å²) in [5.74, 6) is 0. The molecule has 0 atom stereocenters. The van der Waals surface area contributed by atoms with Crippen molar-refractivity contribution in [2.45, 2.75) is 40.0 Å². The molecule has 0 spiro atoms. The monoisotopic (exact) mass is 348 g/mol. The molecule has 0 fully saturated rings. The van der Waals surface area contributed by atoms with Gasteiger partial charge >= 0.3 is 93.2 Å². The quantitative estimate of drug-likeness (QED) is 0.430. The molecule has 0 saturated carbocycles. The summed E-state index contributed by atoms with van der Waals surface area (Å²) in [5, 5.41) is 1.24. The fourth-order valence-electron chi connectivity index (χ4n) is 2.54. The van der Waals surface area contributed by atoms with Gasteiger partial charge in [-0.15, -0.1) is 17.0 Å². The van der Waals surface area contributed by atoms with Gasteiger partial charge < -0.3 is 0 Å². The van der Waals surface area contributed by atoms with Crippen molar-refractivity contribution < 1.29 is 0 Å². The summed E-state index contributed by atoms with van der Waals surface area (Å²) in [5.41, 5.74) is 0. The third kappa shape index (κ3) is 6.80. The van der Waals surface area contributed by atoms with Gasteiger partial charge in [0, 0.05) is 0 Å². The Morgan fingerprint density at radius 3 is 1.36 bits per heavy atom. The molecule has 0 bridgehead atoms. The Bertz CT molecular complexity index is 88.3. The molecule has 0 aromatic heterocycles. The SMILES string of the molecule is Br.CCC[PH](CCC)(CCC)CCBr. The van der Waals surface area contributed by atoms with Crippen molar-refractivity contribution in [1.82, 2.24) is 0 Å². The average molecular weight is 350 g/mol. The Hall–Kier alpha value is 1.39. The molecule has 0 aliphatic rings. The zero-order valence-electron chi connectivity index (χ0n) is 9.94. The van der Waals surface area contributed by atoms with Gasteiger partial charge in [0.25, 0.3) is 0 Å². The average Bonchev–Trinajstić information content (AvgIpc) is 2.06. The van der Waals surface area contributed by atoms with E-state index in [2.05, 4.69) is 36.7 Å². The fourth-order valence-corrected chi connectivity index (χ4v) is 10.1. The first-order chi connectivity index (χ1) is 6.24. The van der Waals surface area contributed by atoms with E-state index in [9.17, 15) is 0 Å². The first-order valence-electron chi connectivity index (χ1n) is 5.80. The van der Waals surface area contributed by atoms with Crippen LogP contribution in [0.4, 0.5) is 0 Å². The predicted octanol–water partition coefficient (Wildman–Crippen LogP) is 4.94. The van der Waals surface area contributed by atoms with E-state index < -0.39 is 7.26 Å². The van der Waals surface area contributed by atoms with E-state index in [0.29, 0.717) is 0 Å². The number of hydrogen-bond acceptors (Lipinski definition) is 0. The predicted molar refractivity (Wildman–Crippen MR) is 82.8 cm³/mol. The van der Waals surface area contributed by atoms with E-state index in [1.807, 2.05) is 0 Å². The Kier molecular flexibility index (Phi) is 13.8. The molecule has 0 aliphatic heterocycles. The third-order valence-corrected chi connectivity index (χ3v) is 10.1. The molecule has 0 rings (SSSR count). The van der Waals surface area contributed by atoms with E-state index >= 15 is 0 Å². The van der Waals surface area contributed by atoms with Gasteiger partial charge in [0.15, 0.2) is 0 Å². The molecular formula is C11H27Br2P. The minimum atomic E-state index is -0.842. The van der Waals surface area contributed by atoms with E-state index in [-0.39, 0.29) is 17.0 Å². The zero-order chi connectivity index (χ0) is 10.2. The molecule has 3 heteroatoms. The van der Waals surface area contributed by atoms with E-state index in [0.717, 1.165) is 0 Å². The van der Waals surface area contributed by atoms with Crippen LogP contribution >= 0.6 is 40.2 Å². The number of hydrogen-bond donors (Lipinski definition) is 0. The Labute approximate surface area is 110 Å². The molecule has 14 heavy (non-hydrogen) atoms. The van der Waals surface area contributed by atoms with Crippen molar-refractivity contribution in [2.75, 3.05) is 30.0 Å². The Morgan fingerprint density at radius 1 is 0.786 bits per heavy atom. The third-order valence-electron chi connectivity index (χ3n) is 2.97. The van der Waals surface area contributed by atoms with Crippen LogP contribution in [0.1, 0.15) is 40.0 Å². The van der Waals surface area contributed by atoms with Crippen molar-refractivity contribution in [3.63, 3.8) is 0 Å². The van der Waals surface area contributed by atoms with Crippen molar-refractivity contribution in [2.24, 2.45) is 0 Å². The van der Waals surface area contributed by atoms with Gasteiger partial charge in [-0.2, -0.15) is 0 Å². The van der Waals surface area contributed by atoms with Crippen LogP contribution in [0.3, 0.4) is 0 Å². The molecule has 90 valence electrons. The van der Waals surface area contributed by atoms with Gasteiger partial charge in [-0.3, -0.25) is 0 Å². The van der Waals surface area contributed by atoms with Crippen molar-refractivity contribution in [3.8, 4) is 0 Å². The van der Waals surface area contributed by atoms with Gasteiger partial charge in [-0.25, -0.2) is 0 Å². The van der Waals surface area contributed by atoms with Crippen molar-refractivity contribution in [3.05, 3.63) is 0 Å². The van der Waals surface area contributed by atoms with Crippen LogP contribution in [0.2, 0.25) is 0 Å². The van der Waals surface area contributed by atoms with Crippen LogP contribution in [0.25, 0.3) is 0 Å². The summed E-state index contributed by atoms with van der Waals surface area (Å²) in [6, 6.07) is 0. The first-order valence-corrected chi connectivity index (χ1v) is 9.75. The molecule has 0 nitrogen and oxygen atoms in total. The molecule has 0 saturated heterocycles. The summed E-state index contributed by atoms with van der Waals surface area (Å²) < 4.78 is 0. The standard InChI is InChI=1S/C11H26BrP.BrH/c1-4-8-13(9-5-2,10-6-3)11-7-12;/h13H,4-11H2,1-3H3;1H. The van der Waals surface area contributed by atoms with Crippen LogP contribution in [-0.2, 0) is 0 Å². The maximum absolute atomic E-state index is 3.63. The second-order valence-electron chi connectivity index (χ2n) is 4.19. The summed E-state index contributed by atoms with van der Waals surface area (Å²) in [4.78, 5) is 0. The molecule has 0 aliphatic carbocycles. The van der Waals surface area contributed by atoms with Gasteiger partial charge in [0.05, 0.1) is 0 Å². The molecule has 0 heterocycles. The normalized spacial score (nSPS) is 12.3. The molecule has 0 radical (unpaired) electrons. The summed E-state index contributed by atoms with van der Waals surface area (Å²) in [6.07, 6.45) is 10.4. The van der Waals surface area contributed by atoms with Crippen molar-refractivity contribution in [1.29, 1.82) is 0 Å². The van der Waals surface area contributed by atoms with Gasteiger partial charge in [-0.1, -0.05) is 0 Å². The topological polar surface area (TPSA) is 0 Å². The number of halogens is 2. The Morgan fingerprint density at radius 2 is 1.14 bits per heavy atom. The molecule has 0 N–H and O–H groups in total. The van der Waals surface area contributed by atoms with E-state index in [4.69, 9.17) is 0 Å². The second kappa shape index (κ2) is 10.9. The summed E-state index contributed by atoms with van der Waals surface area (Å²) in [6.45, 7) is 7.05. The van der Waals surface area contributed by atoms with Crippen LogP contribution in [0.15, 0.2) is 0 Å². The fraction of sp³-hybridized carbons (Fsp3) is 1.00. The molecular weight excluding hydrogens is 323 g/mol. The Balaban J connectivity index is 0. The molecule has 0 aromatic rings. The molecule has 0 amide bonds. The van der Waals surface area contributed by atoms with Crippen LogP contribution < -0.4 is 0 Å². The van der Waals surface area contributed by atoms with E-state index in [1.165, 1.54) is 30.8 Å². The molecule has 0 unspecified atom stereocenters. The van der Waals surface area contributed by atoms with Gasteiger partial charge in [-0.05, 0) is 0 Å². The van der Waals surface area contributed by atoms with Crippen molar-refractivity contribution >= 4 is 40.2 Å². The zero-order valence-corrected chi connectivity index (χ0v) is 14.2. The number of alkyl halides is 1. The first kappa shape index (κ1) is 17.8. The second-order valence-corrected chi connectivity index (χ2v) is 9.98. The van der Waals surface area contributed by atoms with Crippen LogP contribution in [-0.4, -0.2) is 30.0 Å². The summed E-state index contributed by atoms with van der Waals surface area (Å²) in [7, 11) is -0.842. The van der Waals surface area contributed by atoms with Gasteiger partial charge in [0.2, 0.25) is 0 Å². The summed E-state index contributed by atoms with van der Waals surface area (Å²) >= 11 is 3.63. The van der Waals surface area contributed by atoms with Crippen LogP contribution in [0.5, 0.6) is 0 Å². The van der Waals surface area contributed by atoms with Gasteiger partial charge in [0.1, 0.15) is 0 Å². The minimum absolute atomic E-state index is 0. The van der Waals surface area contributed by atoms with E-state index in [1.54, 1.807) is 18.5 Å². The number of rotatable bonds is 8. The molecule has 0 aromatic carbocycles.